The summed E-state index contributed by atoms with van der Waals surface area (Å²) in [7, 11) is 1.56. The number of hydrogen-bond donors (Lipinski definition) is 0. The smallest absolute Gasteiger partial charge is 0.319 e. The van der Waals surface area contributed by atoms with Crippen LogP contribution in [0.3, 0.4) is 0 Å². The van der Waals surface area contributed by atoms with Gasteiger partial charge in [0.2, 0.25) is 0 Å². The Bertz CT molecular complexity index is 744. The number of aryl methyl sites for hydroxylation is 1. The molecule has 0 radical (unpaired) electrons. The third-order valence-electron chi connectivity index (χ3n) is 2.83. The number of rotatable bonds is 2. The standard InChI is InChI=1S/C13H11F3N2O2/c1-17-5-4-9(6-12(17)20)7-18-8-10(13(14,15)16)2-3-11(18)19/h2-6,8H,7H2,1H3. The van der Waals surface area contributed by atoms with Crippen LogP contribution in [0, 0.1) is 0 Å². The maximum Gasteiger partial charge on any atom is 0.417 e. The molecule has 0 aromatic carbocycles. The van der Waals surface area contributed by atoms with E-state index in [1.54, 1.807) is 13.1 Å². The lowest BCUT2D eigenvalue weighted by atomic mass is 10.2. The molecule has 0 unspecified atom stereocenters. The van der Waals surface area contributed by atoms with Crippen LogP contribution in [0.25, 0.3) is 0 Å². The van der Waals surface area contributed by atoms with Gasteiger partial charge in [0, 0.05) is 31.6 Å². The fourth-order valence-corrected chi connectivity index (χ4v) is 1.71. The van der Waals surface area contributed by atoms with Gasteiger partial charge in [0.1, 0.15) is 0 Å². The van der Waals surface area contributed by atoms with Gasteiger partial charge >= 0.3 is 6.18 Å². The van der Waals surface area contributed by atoms with E-state index in [0.717, 1.165) is 22.9 Å². The molecule has 4 nitrogen and oxygen atoms in total. The van der Waals surface area contributed by atoms with Crippen molar-refractivity contribution in [2.24, 2.45) is 7.05 Å². The average molecular weight is 284 g/mol. The first-order valence-corrected chi connectivity index (χ1v) is 5.70. The zero-order valence-electron chi connectivity index (χ0n) is 10.5. The summed E-state index contributed by atoms with van der Waals surface area (Å²) < 4.78 is 40.0. The Balaban J connectivity index is 2.40. The van der Waals surface area contributed by atoms with E-state index >= 15 is 0 Å². The van der Waals surface area contributed by atoms with Gasteiger partial charge in [-0.2, -0.15) is 13.2 Å². The number of pyridine rings is 2. The van der Waals surface area contributed by atoms with Gasteiger partial charge in [0.05, 0.1) is 12.1 Å². The summed E-state index contributed by atoms with van der Waals surface area (Å²) >= 11 is 0. The third-order valence-corrected chi connectivity index (χ3v) is 2.83. The van der Waals surface area contributed by atoms with E-state index in [1.807, 2.05) is 0 Å². The van der Waals surface area contributed by atoms with Crippen molar-refractivity contribution < 1.29 is 13.2 Å². The van der Waals surface area contributed by atoms with Gasteiger partial charge in [-0.15, -0.1) is 0 Å². The molecule has 0 N–H and O–H groups in total. The monoisotopic (exact) mass is 284 g/mol. The van der Waals surface area contributed by atoms with Crippen LogP contribution < -0.4 is 11.1 Å². The van der Waals surface area contributed by atoms with E-state index in [4.69, 9.17) is 0 Å². The molecule has 0 aliphatic heterocycles. The zero-order valence-corrected chi connectivity index (χ0v) is 10.5. The Morgan fingerprint density at radius 3 is 2.40 bits per heavy atom. The lowest BCUT2D eigenvalue weighted by molar-refractivity contribution is -0.138. The fourth-order valence-electron chi connectivity index (χ4n) is 1.71. The van der Waals surface area contributed by atoms with Crippen LogP contribution in [0.4, 0.5) is 13.2 Å². The highest BCUT2D eigenvalue weighted by Gasteiger charge is 2.31. The number of nitrogens with zero attached hydrogens (tertiary/aromatic N) is 2. The first-order chi connectivity index (χ1) is 9.27. The minimum atomic E-state index is -4.51. The van der Waals surface area contributed by atoms with Gasteiger partial charge < -0.3 is 9.13 Å². The van der Waals surface area contributed by atoms with Gasteiger partial charge in [-0.25, -0.2) is 0 Å². The summed E-state index contributed by atoms with van der Waals surface area (Å²) in [6.07, 6.45) is -2.27. The molecule has 20 heavy (non-hydrogen) atoms. The second-order valence-electron chi connectivity index (χ2n) is 4.37. The van der Waals surface area contributed by atoms with Crippen molar-refractivity contribution in [3.8, 4) is 0 Å². The lowest BCUT2D eigenvalue weighted by Gasteiger charge is -2.10. The number of halogens is 3. The summed E-state index contributed by atoms with van der Waals surface area (Å²) in [6.45, 7) is -0.0845. The summed E-state index contributed by atoms with van der Waals surface area (Å²) in [4.78, 5) is 23.0. The molecule has 0 aliphatic carbocycles. The van der Waals surface area contributed by atoms with Gasteiger partial charge in [0.15, 0.2) is 0 Å². The molecule has 106 valence electrons. The molecule has 0 amide bonds. The van der Waals surface area contributed by atoms with Crippen LogP contribution in [0.5, 0.6) is 0 Å². The predicted octanol–water partition coefficient (Wildman–Crippen LogP) is 1.61. The quantitative estimate of drug-likeness (QED) is 0.841. The minimum absolute atomic E-state index is 0.0845. The third kappa shape index (κ3) is 2.98. The molecule has 2 rings (SSSR count). The van der Waals surface area contributed by atoms with E-state index in [-0.39, 0.29) is 12.1 Å². The minimum Gasteiger partial charge on any atom is -0.319 e. The molecule has 0 saturated carbocycles. The van der Waals surface area contributed by atoms with Gasteiger partial charge in [0.25, 0.3) is 11.1 Å². The SMILES string of the molecule is Cn1ccc(Cn2cc(C(F)(F)F)ccc2=O)cc1=O. The van der Waals surface area contributed by atoms with E-state index in [0.29, 0.717) is 5.56 Å². The fraction of sp³-hybridized carbons (Fsp3) is 0.231. The Labute approximate surface area is 111 Å². The molecule has 2 aromatic rings. The number of hydrogen-bond acceptors (Lipinski definition) is 2. The van der Waals surface area contributed by atoms with E-state index in [2.05, 4.69) is 0 Å². The van der Waals surface area contributed by atoms with Crippen molar-refractivity contribution in [1.29, 1.82) is 0 Å². The molecule has 0 aliphatic rings. The van der Waals surface area contributed by atoms with Gasteiger partial charge in [-0.3, -0.25) is 9.59 Å². The van der Waals surface area contributed by atoms with Crippen LogP contribution in [-0.4, -0.2) is 9.13 Å². The summed E-state index contributed by atoms with van der Waals surface area (Å²) in [5.41, 5.74) is -1.28. The van der Waals surface area contributed by atoms with Crippen molar-refractivity contribution in [3.63, 3.8) is 0 Å². The topological polar surface area (TPSA) is 44.0 Å². The van der Waals surface area contributed by atoms with Crippen molar-refractivity contribution in [1.82, 2.24) is 9.13 Å². The normalized spacial score (nSPS) is 11.6. The average Bonchev–Trinajstić information content (AvgIpc) is 2.35. The van der Waals surface area contributed by atoms with Gasteiger partial charge in [-0.1, -0.05) is 0 Å². The Morgan fingerprint density at radius 2 is 1.80 bits per heavy atom. The highest BCUT2D eigenvalue weighted by Crippen LogP contribution is 2.28. The second kappa shape index (κ2) is 4.99. The van der Waals surface area contributed by atoms with Crippen LogP contribution >= 0.6 is 0 Å². The molecule has 2 heterocycles. The van der Waals surface area contributed by atoms with E-state index < -0.39 is 17.3 Å². The molecule has 7 heteroatoms. The molecular weight excluding hydrogens is 273 g/mol. The van der Waals surface area contributed by atoms with Crippen LogP contribution in [0.2, 0.25) is 0 Å². The molecule has 0 spiro atoms. The predicted molar refractivity (Wildman–Crippen MR) is 66.5 cm³/mol. The van der Waals surface area contributed by atoms with Crippen molar-refractivity contribution >= 4 is 0 Å². The highest BCUT2D eigenvalue weighted by molar-refractivity contribution is 5.17. The molecular formula is C13H11F3N2O2. The van der Waals surface area contributed by atoms with Crippen molar-refractivity contribution in [2.75, 3.05) is 0 Å². The maximum absolute atomic E-state index is 12.6. The van der Waals surface area contributed by atoms with Gasteiger partial charge in [-0.05, 0) is 17.7 Å². The van der Waals surface area contributed by atoms with Crippen molar-refractivity contribution in [2.45, 2.75) is 12.7 Å². The Hall–Kier alpha value is -2.31. The zero-order chi connectivity index (χ0) is 14.9. The first kappa shape index (κ1) is 14.1. The summed E-state index contributed by atoms with van der Waals surface area (Å²) in [5, 5.41) is 0. The van der Waals surface area contributed by atoms with Crippen molar-refractivity contribution in [3.05, 3.63) is 68.5 Å². The molecule has 0 fully saturated rings. The first-order valence-electron chi connectivity index (χ1n) is 5.70. The Morgan fingerprint density at radius 1 is 1.10 bits per heavy atom. The van der Waals surface area contributed by atoms with Crippen LogP contribution in [0.15, 0.2) is 46.2 Å². The molecule has 0 atom stereocenters. The molecule has 0 saturated heterocycles. The van der Waals surface area contributed by atoms with E-state index in [1.165, 1.54) is 16.8 Å². The van der Waals surface area contributed by atoms with E-state index in [9.17, 15) is 22.8 Å². The second-order valence-corrected chi connectivity index (χ2v) is 4.37. The molecule has 2 aromatic heterocycles. The number of aromatic nitrogens is 2. The van der Waals surface area contributed by atoms with Crippen LogP contribution in [0.1, 0.15) is 11.1 Å². The maximum atomic E-state index is 12.6. The molecule has 0 bridgehead atoms. The summed E-state index contributed by atoms with van der Waals surface area (Å²) in [5.74, 6) is 0. The summed E-state index contributed by atoms with van der Waals surface area (Å²) in [6, 6.07) is 4.47. The highest BCUT2D eigenvalue weighted by atomic mass is 19.4. The Kier molecular flexibility index (Phi) is 3.52. The lowest BCUT2D eigenvalue weighted by Crippen LogP contribution is -2.23. The van der Waals surface area contributed by atoms with Crippen LogP contribution in [-0.2, 0) is 19.8 Å². The number of alkyl halides is 3. The largest absolute Gasteiger partial charge is 0.417 e.